The van der Waals surface area contributed by atoms with Crippen LogP contribution in [0.3, 0.4) is 0 Å². The van der Waals surface area contributed by atoms with Crippen molar-refractivity contribution >= 4 is 38.9 Å². The van der Waals surface area contributed by atoms with E-state index in [1.165, 1.54) is 12.1 Å². The molecule has 1 atom stereocenters. The number of ether oxygens (including phenoxy) is 1. The fourth-order valence-electron chi connectivity index (χ4n) is 2.43. The van der Waals surface area contributed by atoms with Gasteiger partial charge in [-0.15, -0.1) is 0 Å². The van der Waals surface area contributed by atoms with Crippen molar-refractivity contribution in [2.45, 2.75) is 51.2 Å². The maximum Gasteiger partial charge on any atom is 0.257 e. The molecule has 0 aliphatic rings. The first-order valence-corrected chi connectivity index (χ1v) is 11.5. The Morgan fingerprint density at radius 3 is 2.17 bits per heavy atom. The van der Waals surface area contributed by atoms with Crippen molar-refractivity contribution in [3.63, 3.8) is 0 Å². The van der Waals surface area contributed by atoms with Crippen LogP contribution in [0, 0.1) is 0 Å². The molecule has 9 heteroatoms. The summed E-state index contributed by atoms with van der Waals surface area (Å²) < 4.78 is 32.5. The molecule has 162 valence electrons. The van der Waals surface area contributed by atoms with Crippen molar-refractivity contribution in [2.24, 2.45) is 0 Å². The first-order valence-electron chi connectivity index (χ1n) is 9.62. The summed E-state index contributed by atoms with van der Waals surface area (Å²) in [7, 11) is -3.56. The number of carbonyl (C=O) groups excluding carboxylic acids is 1. The Hall–Kier alpha value is -2.49. The van der Waals surface area contributed by atoms with Gasteiger partial charge >= 0.3 is 0 Å². The molecule has 2 aromatic carbocycles. The van der Waals surface area contributed by atoms with Crippen molar-refractivity contribution in [2.75, 3.05) is 5.32 Å². The minimum Gasteiger partial charge on any atom is -0.491 e. The molecule has 0 spiro atoms. The Morgan fingerprint density at radius 1 is 1.03 bits per heavy atom. The molecule has 0 aliphatic heterocycles. The summed E-state index contributed by atoms with van der Waals surface area (Å²) in [5, 5.41) is 5.57. The number of anilines is 1. The van der Waals surface area contributed by atoms with Gasteiger partial charge in [-0.3, -0.25) is 10.1 Å². The maximum atomic E-state index is 12.4. The molecule has 1 unspecified atom stereocenters. The minimum atomic E-state index is -3.56. The molecule has 0 heterocycles. The van der Waals surface area contributed by atoms with Crippen molar-refractivity contribution in [1.29, 1.82) is 0 Å². The summed E-state index contributed by atoms with van der Waals surface area (Å²) in [6, 6.07) is 12.7. The molecule has 0 radical (unpaired) electrons. The first-order chi connectivity index (χ1) is 14.1. The highest BCUT2D eigenvalue weighted by Gasteiger charge is 2.15. The molecule has 3 N–H and O–H groups in total. The molecule has 2 aromatic rings. The zero-order valence-corrected chi connectivity index (χ0v) is 19.1. The molecule has 0 aliphatic carbocycles. The fourth-order valence-corrected chi connectivity index (χ4v) is 3.90. The standard InChI is InChI=1S/C21H27N3O4S2/c1-5-15(4)28-18-10-6-16(7-11-18)20(25)23-21(29)22-17-8-12-19(13-9-17)30(26,27)24-14(2)3/h6-15,24H,5H2,1-4H3,(H2,22,23,25,29). The van der Waals surface area contributed by atoms with Crippen molar-refractivity contribution < 1.29 is 17.9 Å². The van der Waals surface area contributed by atoms with Crippen LogP contribution in [0.5, 0.6) is 5.75 Å². The molecule has 0 saturated heterocycles. The average molecular weight is 450 g/mol. The summed E-state index contributed by atoms with van der Waals surface area (Å²) in [6.45, 7) is 7.52. The molecule has 7 nitrogen and oxygen atoms in total. The summed E-state index contributed by atoms with van der Waals surface area (Å²) in [5.74, 6) is 0.339. The Morgan fingerprint density at radius 2 is 1.63 bits per heavy atom. The van der Waals surface area contributed by atoms with E-state index in [2.05, 4.69) is 15.4 Å². The second kappa shape index (κ2) is 10.5. The highest BCUT2D eigenvalue weighted by molar-refractivity contribution is 7.89. The maximum absolute atomic E-state index is 12.4. The molecule has 0 fully saturated rings. The monoisotopic (exact) mass is 449 g/mol. The second-order valence-corrected chi connectivity index (χ2v) is 9.19. The zero-order chi connectivity index (χ0) is 22.3. The number of amides is 1. The van der Waals surface area contributed by atoms with E-state index in [4.69, 9.17) is 17.0 Å². The number of thiocarbonyl (C=S) groups is 1. The van der Waals surface area contributed by atoms with E-state index in [0.717, 1.165) is 6.42 Å². The van der Waals surface area contributed by atoms with Crippen LogP contribution < -0.4 is 20.1 Å². The molecule has 0 bridgehead atoms. The van der Waals surface area contributed by atoms with Gasteiger partial charge in [-0.05, 0) is 87.9 Å². The third-order valence-electron chi connectivity index (χ3n) is 4.07. The van der Waals surface area contributed by atoms with E-state index in [9.17, 15) is 13.2 Å². The number of carbonyl (C=O) groups is 1. The van der Waals surface area contributed by atoms with Crippen LogP contribution >= 0.6 is 12.2 Å². The molecule has 0 aromatic heterocycles. The molecule has 2 rings (SSSR count). The lowest BCUT2D eigenvalue weighted by Crippen LogP contribution is -2.34. The van der Waals surface area contributed by atoms with E-state index < -0.39 is 10.0 Å². The van der Waals surface area contributed by atoms with Gasteiger partial charge in [0, 0.05) is 17.3 Å². The lowest BCUT2D eigenvalue weighted by atomic mass is 10.2. The van der Waals surface area contributed by atoms with Crippen LogP contribution in [0.1, 0.15) is 44.5 Å². The van der Waals surface area contributed by atoms with Gasteiger partial charge in [-0.25, -0.2) is 13.1 Å². The Kier molecular flexibility index (Phi) is 8.33. The summed E-state index contributed by atoms with van der Waals surface area (Å²) in [5.41, 5.74) is 0.998. The first kappa shape index (κ1) is 23.8. The SMILES string of the molecule is CCC(C)Oc1ccc(C(=O)NC(=S)Nc2ccc(S(=O)(=O)NC(C)C)cc2)cc1. The van der Waals surface area contributed by atoms with Crippen molar-refractivity contribution in [3.8, 4) is 5.75 Å². The fraction of sp³-hybridized carbons (Fsp3) is 0.333. The lowest BCUT2D eigenvalue weighted by Gasteiger charge is -2.13. The number of sulfonamides is 1. The van der Waals surface area contributed by atoms with Gasteiger partial charge < -0.3 is 10.1 Å². The predicted molar refractivity (Wildman–Crippen MR) is 122 cm³/mol. The van der Waals surface area contributed by atoms with Crippen molar-refractivity contribution in [3.05, 3.63) is 54.1 Å². The number of hydrogen-bond donors (Lipinski definition) is 3. The number of nitrogens with one attached hydrogen (secondary N) is 3. The Balaban J connectivity index is 1.94. The van der Waals surface area contributed by atoms with Crippen LogP contribution in [0.15, 0.2) is 53.4 Å². The van der Waals surface area contributed by atoms with E-state index >= 15 is 0 Å². The molecule has 1 amide bonds. The van der Waals surface area contributed by atoms with Gasteiger partial charge in [0.15, 0.2) is 5.11 Å². The highest BCUT2D eigenvalue weighted by atomic mass is 32.2. The van der Waals surface area contributed by atoms with Crippen LogP contribution in [0.4, 0.5) is 5.69 Å². The van der Waals surface area contributed by atoms with E-state index in [0.29, 0.717) is 17.0 Å². The quantitative estimate of drug-likeness (QED) is 0.532. The van der Waals surface area contributed by atoms with Gasteiger partial charge in [0.25, 0.3) is 5.91 Å². The van der Waals surface area contributed by atoms with Gasteiger partial charge in [-0.2, -0.15) is 0 Å². The molecular weight excluding hydrogens is 422 g/mol. The van der Waals surface area contributed by atoms with Gasteiger partial charge in [0.1, 0.15) is 5.75 Å². The topological polar surface area (TPSA) is 96.5 Å². The third-order valence-corrected chi connectivity index (χ3v) is 5.95. The summed E-state index contributed by atoms with van der Waals surface area (Å²) in [4.78, 5) is 12.5. The lowest BCUT2D eigenvalue weighted by molar-refractivity contribution is 0.0977. The number of rotatable bonds is 8. The zero-order valence-electron chi connectivity index (χ0n) is 17.4. The average Bonchev–Trinajstić information content (AvgIpc) is 2.67. The summed E-state index contributed by atoms with van der Waals surface area (Å²) >= 11 is 5.18. The van der Waals surface area contributed by atoms with Crippen LogP contribution in [0.2, 0.25) is 0 Å². The highest BCUT2D eigenvalue weighted by Crippen LogP contribution is 2.16. The van der Waals surface area contributed by atoms with Gasteiger partial charge in [-0.1, -0.05) is 6.92 Å². The Labute approximate surface area is 183 Å². The predicted octanol–water partition coefficient (Wildman–Crippen LogP) is 3.68. The normalized spacial score (nSPS) is 12.3. The second-order valence-electron chi connectivity index (χ2n) is 7.07. The van der Waals surface area contributed by atoms with Gasteiger partial charge in [0.05, 0.1) is 11.0 Å². The smallest absolute Gasteiger partial charge is 0.257 e. The molecular formula is C21H27N3O4S2. The van der Waals surface area contributed by atoms with E-state index in [-0.39, 0.29) is 28.1 Å². The molecule has 0 saturated carbocycles. The van der Waals surface area contributed by atoms with E-state index in [1.807, 2.05) is 13.8 Å². The number of hydrogen-bond acceptors (Lipinski definition) is 5. The summed E-state index contributed by atoms with van der Waals surface area (Å²) in [6.07, 6.45) is 0.993. The third kappa shape index (κ3) is 7.08. The minimum absolute atomic E-state index is 0.101. The molecule has 30 heavy (non-hydrogen) atoms. The van der Waals surface area contributed by atoms with Gasteiger partial charge in [0.2, 0.25) is 10.0 Å². The van der Waals surface area contributed by atoms with Crippen LogP contribution in [-0.4, -0.2) is 31.6 Å². The van der Waals surface area contributed by atoms with E-state index in [1.54, 1.807) is 50.2 Å². The van der Waals surface area contributed by atoms with Crippen LogP contribution in [0.25, 0.3) is 0 Å². The Bertz CT molecular complexity index is 972. The number of benzene rings is 2. The van der Waals surface area contributed by atoms with Crippen LogP contribution in [-0.2, 0) is 10.0 Å². The largest absolute Gasteiger partial charge is 0.491 e. The van der Waals surface area contributed by atoms with Crippen molar-refractivity contribution in [1.82, 2.24) is 10.0 Å².